The van der Waals surface area contributed by atoms with E-state index >= 15 is 0 Å². The molecule has 0 saturated heterocycles. The van der Waals surface area contributed by atoms with Gasteiger partial charge in [-0.05, 0) is 54.4 Å². The van der Waals surface area contributed by atoms with Crippen LogP contribution in [-0.4, -0.2) is 13.2 Å². The molecule has 4 heteroatoms. The van der Waals surface area contributed by atoms with Crippen molar-refractivity contribution in [1.82, 2.24) is 0 Å². The van der Waals surface area contributed by atoms with Crippen molar-refractivity contribution < 1.29 is 4.74 Å². The summed E-state index contributed by atoms with van der Waals surface area (Å²) in [6.07, 6.45) is 5.97. The third-order valence-corrected chi connectivity index (χ3v) is 3.88. The Kier molecular flexibility index (Phi) is 8.74. The van der Waals surface area contributed by atoms with E-state index in [2.05, 4.69) is 46.3 Å². The van der Waals surface area contributed by atoms with Gasteiger partial charge in [0.25, 0.3) is 0 Å². The molecule has 0 heterocycles. The third kappa shape index (κ3) is 6.25. The van der Waals surface area contributed by atoms with E-state index in [4.69, 9.17) is 10.5 Å². The lowest BCUT2D eigenvalue weighted by Crippen LogP contribution is -1.99. The Hall–Kier alpha value is -0.770. The number of ether oxygens (including phenoxy) is 1. The molecule has 0 saturated carbocycles. The molecule has 0 radical (unpaired) electrons. The first-order valence-electron chi connectivity index (χ1n) is 7.32. The van der Waals surface area contributed by atoms with Crippen molar-refractivity contribution in [3.05, 3.63) is 40.9 Å². The Morgan fingerprint density at radius 2 is 1.52 bits per heavy atom. The normalized spacial score (nSPS) is 10.4. The van der Waals surface area contributed by atoms with Crippen molar-refractivity contribution >= 4 is 39.1 Å². The van der Waals surface area contributed by atoms with Crippen LogP contribution >= 0.6 is 28.3 Å². The van der Waals surface area contributed by atoms with Crippen LogP contribution in [0.15, 0.2) is 40.9 Å². The van der Waals surface area contributed by atoms with E-state index in [0.29, 0.717) is 0 Å². The van der Waals surface area contributed by atoms with Gasteiger partial charge in [0.1, 0.15) is 5.75 Å². The average molecular weight is 373 g/mol. The highest BCUT2D eigenvalue weighted by molar-refractivity contribution is 9.10. The van der Waals surface area contributed by atoms with Gasteiger partial charge in [-0.1, -0.05) is 47.3 Å². The van der Waals surface area contributed by atoms with Gasteiger partial charge in [-0.25, -0.2) is 0 Å². The SMILES string of the molecule is Cl.NCCCCCCCOc1ccc2cc(Br)ccc2c1. The standard InChI is InChI=1S/C17H22BrNO.ClH/c18-16-8-6-15-13-17(9-7-14(15)12-16)20-11-5-3-1-2-4-10-19;/h6-9,12-13H,1-5,10-11,19H2;1H. The number of halogens is 2. The van der Waals surface area contributed by atoms with E-state index in [-0.39, 0.29) is 12.4 Å². The fourth-order valence-corrected chi connectivity index (χ4v) is 2.63. The number of nitrogens with two attached hydrogens (primary N) is 1. The second-order valence-corrected chi connectivity index (χ2v) is 5.97. The second kappa shape index (κ2) is 10.0. The van der Waals surface area contributed by atoms with Gasteiger partial charge in [-0.15, -0.1) is 12.4 Å². The molecule has 0 bridgehead atoms. The molecule has 0 amide bonds. The van der Waals surface area contributed by atoms with E-state index in [0.717, 1.165) is 36.2 Å². The molecule has 21 heavy (non-hydrogen) atoms. The maximum absolute atomic E-state index is 5.81. The number of hydrogen-bond donors (Lipinski definition) is 1. The van der Waals surface area contributed by atoms with E-state index in [1.165, 1.54) is 30.0 Å². The van der Waals surface area contributed by atoms with Gasteiger partial charge in [-0.3, -0.25) is 0 Å². The smallest absolute Gasteiger partial charge is 0.119 e. The van der Waals surface area contributed by atoms with Crippen LogP contribution < -0.4 is 10.5 Å². The predicted octanol–water partition coefficient (Wildman–Crippen LogP) is 5.31. The third-order valence-electron chi connectivity index (χ3n) is 3.39. The first-order chi connectivity index (χ1) is 9.79. The Bertz CT molecular complexity index is 547. The molecular weight excluding hydrogens is 350 g/mol. The summed E-state index contributed by atoms with van der Waals surface area (Å²) in [5.41, 5.74) is 5.47. The lowest BCUT2D eigenvalue weighted by molar-refractivity contribution is 0.305. The van der Waals surface area contributed by atoms with E-state index in [1.54, 1.807) is 0 Å². The van der Waals surface area contributed by atoms with Gasteiger partial charge in [0.2, 0.25) is 0 Å². The second-order valence-electron chi connectivity index (χ2n) is 5.06. The van der Waals surface area contributed by atoms with Gasteiger partial charge in [-0.2, -0.15) is 0 Å². The van der Waals surface area contributed by atoms with Crippen LogP contribution in [0.5, 0.6) is 5.75 Å². The summed E-state index contributed by atoms with van der Waals surface area (Å²) in [4.78, 5) is 0. The van der Waals surface area contributed by atoms with Gasteiger partial charge in [0.15, 0.2) is 0 Å². The zero-order chi connectivity index (χ0) is 14.2. The summed E-state index contributed by atoms with van der Waals surface area (Å²) in [6, 6.07) is 12.6. The Balaban J connectivity index is 0.00000220. The Labute approximate surface area is 141 Å². The molecule has 2 aromatic carbocycles. The fraction of sp³-hybridized carbons (Fsp3) is 0.412. The van der Waals surface area contributed by atoms with Crippen LogP contribution in [-0.2, 0) is 0 Å². The Morgan fingerprint density at radius 3 is 2.33 bits per heavy atom. The first kappa shape index (κ1) is 18.3. The molecule has 0 aliphatic rings. The van der Waals surface area contributed by atoms with Crippen molar-refractivity contribution in [2.75, 3.05) is 13.2 Å². The minimum Gasteiger partial charge on any atom is -0.494 e. The monoisotopic (exact) mass is 371 g/mol. The van der Waals surface area contributed by atoms with Crippen molar-refractivity contribution in [3.8, 4) is 5.75 Å². The molecule has 0 unspecified atom stereocenters. The summed E-state index contributed by atoms with van der Waals surface area (Å²) >= 11 is 3.49. The van der Waals surface area contributed by atoms with Crippen LogP contribution in [0.25, 0.3) is 10.8 Å². The quantitative estimate of drug-likeness (QED) is 0.637. The number of rotatable bonds is 8. The molecule has 0 aliphatic heterocycles. The first-order valence-corrected chi connectivity index (χ1v) is 8.11. The molecule has 0 atom stereocenters. The topological polar surface area (TPSA) is 35.2 Å². The molecule has 0 aliphatic carbocycles. The highest BCUT2D eigenvalue weighted by Gasteiger charge is 1.99. The van der Waals surface area contributed by atoms with Crippen molar-refractivity contribution in [2.24, 2.45) is 5.73 Å². The highest BCUT2D eigenvalue weighted by Crippen LogP contribution is 2.24. The Morgan fingerprint density at radius 1 is 0.857 bits per heavy atom. The molecule has 2 nitrogen and oxygen atoms in total. The molecule has 0 aromatic heterocycles. The lowest BCUT2D eigenvalue weighted by atomic mass is 10.1. The van der Waals surface area contributed by atoms with Gasteiger partial charge >= 0.3 is 0 Å². The molecule has 2 N–H and O–H groups in total. The van der Waals surface area contributed by atoms with Gasteiger partial charge < -0.3 is 10.5 Å². The number of hydrogen-bond acceptors (Lipinski definition) is 2. The minimum atomic E-state index is 0. The van der Waals surface area contributed by atoms with E-state index in [1.807, 2.05) is 6.07 Å². The summed E-state index contributed by atoms with van der Waals surface area (Å²) < 4.78 is 6.92. The number of unbranched alkanes of at least 4 members (excludes halogenated alkanes) is 4. The van der Waals surface area contributed by atoms with E-state index in [9.17, 15) is 0 Å². The molecular formula is C17H23BrClNO. The van der Waals surface area contributed by atoms with Crippen molar-refractivity contribution in [1.29, 1.82) is 0 Å². The fourth-order valence-electron chi connectivity index (χ4n) is 2.25. The van der Waals surface area contributed by atoms with Crippen LogP contribution in [0.2, 0.25) is 0 Å². The molecule has 2 rings (SSSR count). The highest BCUT2D eigenvalue weighted by atomic mass is 79.9. The molecule has 116 valence electrons. The van der Waals surface area contributed by atoms with Crippen LogP contribution in [0, 0.1) is 0 Å². The van der Waals surface area contributed by atoms with Gasteiger partial charge in [0, 0.05) is 4.47 Å². The van der Waals surface area contributed by atoms with E-state index < -0.39 is 0 Å². The van der Waals surface area contributed by atoms with Gasteiger partial charge in [0.05, 0.1) is 6.61 Å². The van der Waals surface area contributed by atoms with Crippen molar-refractivity contribution in [3.63, 3.8) is 0 Å². The summed E-state index contributed by atoms with van der Waals surface area (Å²) in [5, 5.41) is 2.45. The molecule has 0 fully saturated rings. The zero-order valence-electron chi connectivity index (χ0n) is 12.2. The van der Waals surface area contributed by atoms with Crippen molar-refractivity contribution in [2.45, 2.75) is 32.1 Å². The van der Waals surface area contributed by atoms with Crippen LogP contribution in [0.4, 0.5) is 0 Å². The summed E-state index contributed by atoms with van der Waals surface area (Å²) in [7, 11) is 0. The lowest BCUT2D eigenvalue weighted by Gasteiger charge is -2.07. The van der Waals surface area contributed by atoms with Crippen LogP contribution in [0.3, 0.4) is 0 Å². The minimum absolute atomic E-state index is 0. The molecule has 2 aromatic rings. The largest absolute Gasteiger partial charge is 0.494 e. The predicted molar refractivity (Wildman–Crippen MR) is 96.5 cm³/mol. The summed E-state index contributed by atoms with van der Waals surface area (Å²) in [6.45, 7) is 1.61. The average Bonchev–Trinajstić information content (AvgIpc) is 2.46. The zero-order valence-corrected chi connectivity index (χ0v) is 14.6. The maximum atomic E-state index is 5.81. The van der Waals surface area contributed by atoms with Crippen LogP contribution in [0.1, 0.15) is 32.1 Å². The number of benzene rings is 2. The number of fused-ring (bicyclic) bond motifs is 1. The molecule has 0 spiro atoms. The summed E-state index contributed by atoms with van der Waals surface area (Å²) in [5.74, 6) is 0.960. The maximum Gasteiger partial charge on any atom is 0.119 e.